The van der Waals surface area contributed by atoms with Crippen LogP contribution in [0.15, 0.2) is 12.1 Å². The number of ether oxygens (including phenoxy) is 1. The van der Waals surface area contributed by atoms with E-state index in [1.807, 2.05) is 26.0 Å². The van der Waals surface area contributed by atoms with Gasteiger partial charge in [0.2, 0.25) is 0 Å². The van der Waals surface area contributed by atoms with Gasteiger partial charge in [0.25, 0.3) is 0 Å². The van der Waals surface area contributed by atoms with Crippen molar-refractivity contribution in [1.82, 2.24) is 0 Å². The highest BCUT2D eigenvalue weighted by Crippen LogP contribution is 2.28. The lowest BCUT2D eigenvalue weighted by atomic mass is 10.0. The summed E-state index contributed by atoms with van der Waals surface area (Å²) in [6.45, 7) is 4.80. The lowest BCUT2D eigenvalue weighted by Crippen LogP contribution is -1.97. The zero-order valence-corrected chi connectivity index (χ0v) is 9.97. The van der Waals surface area contributed by atoms with E-state index < -0.39 is 0 Å². The van der Waals surface area contributed by atoms with Gasteiger partial charge in [-0.2, -0.15) is 0 Å². The van der Waals surface area contributed by atoms with Crippen LogP contribution in [0.3, 0.4) is 0 Å². The normalized spacial score (nSPS) is 10.4. The molecule has 1 rings (SSSR count). The summed E-state index contributed by atoms with van der Waals surface area (Å²) in [5.41, 5.74) is 2.34. The zero-order chi connectivity index (χ0) is 11.3. The van der Waals surface area contributed by atoms with Crippen LogP contribution in [-0.4, -0.2) is 18.3 Å². The summed E-state index contributed by atoms with van der Waals surface area (Å²) >= 11 is 6.07. The van der Waals surface area contributed by atoms with E-state index in [1.165, 1.54) is 5.56 Å². The fourth-order valence-corrected chi connectivity index (χ4v) is 1.74. The summed E-state index contributed by atoms with van der Waals surface area (Å²) in [7, 11) is 0. The first-order valence-electron chi connectivity index (χ1n) is 5.21. The minimum Gasteiger partial charge on any atom is -0.492 e. The lowest BCUT2D eigenvalue weighted by molar-refractivity contribution is 0.288. The quantitative estimate of drug-likeness (QED) is 0.840. The molecule has 1 aromatic rings. The molecule has 0 bridgehead atoms. The number of hydrogen-bond acceptors (Lipinski definition) is 2. The monoisotopic (exact) mass is 228 g/mol. The van der Waals surface area contributed by atoms with Crippen LogP contribution in [0.1, 0.15) is 24.5 Å². The number of aliphatic hydroxyl groups is 1. The number of aliphatic hydroxyl groups excluding tert-OH is 1. The van der Waals surface area contributed by atoms with Crippen LogP contribution in [0.5, 0.6) is 5.75 Å². The van der Waals surface area contributed by atoms with E-state index in [0.717, 1.165) is 24.2 Å². The molecule has 0 aliphatic rings. The molecule has 0 saturated heterocycles. The molecule has 2 nitrogen and oxygen atoms in total. The first-order valence-corrected chi connectivity index (χ1v) is 5.59. The third-order valence-corrected chi connectivity index (χ3v) is 2.59. The molecular weight excluding hydrogens is 212 g/mol. The van der Waals surface area contributed by atoms with E-state index in [1.54, 1.807) is 0 Å². The van der Waals surface area contributed by atoms with E-state index in [9.17, 15) is 0 Å². The van der Waals surface area contributed by atoms with E-state index in [-0.39, 0.29) is 6.61 Å². The minimum atomic E-state index is 0.213. The van der Waals surface area contributed by atoms with Crippen molar-refractivity contribution in [2.75, 3.05) is 13.2 Å². The molecule has 0 aliphatic heterocycles. The summed E-state index contributed by atoms with van der Waals surface area (Å²) in [4.78, 5) is 0. The van der Waals surface area contributed by atoms with Crippen molar-refractivity contribution in [3.8, 4) is 5.75 Å². The van der Waals surface area contributed by atoms with Crippen molar-refractivity contribution in [3.05, 3.63) is 28.3 Å². The Morgan fingerprint density at radius 3 is 2.73 bits per heavy atom. The van der Waals surface area contributed by atoms with Crippen LogP contribution in [-0.2, 0) is 6.42 Å². The van der Waals surface area contributed by atoms with Crippen molar-refractivity contribution in [1.29, 1.82) is 0 Å². The molecule has 0 radical (unpaired) electrons. The maximum atomic E-state index is 8.77. The third-order valence-electron chi connectivity index (χ3n) is 2.29. The van der Waals surface area contributed by atoms with E-state index in [4.69, 9.17) is 21.4 Å². The second-order valence-corrected chi connectivity index (χ2v) is 3.88. The maximum absolute atomic E-state index is 8.77. The van der Waals surface area contributed by atoms with Gasteiger partial charge in [0.1, 0.15) is 5.75 Å². The topological polar surface area (TPSA) is 29.5 Å². The number of halogens is 1. The molecule has 1 aromatic carbocycles. The highest BCUT2D eigenvalue weighted by molar-refractivity contribution is 6.32. The minimum absolute atomic E-state index is 0.213. The van der Waals surface area contributed by atoms with E-state index in [0.29, 0.717) is 11.6 Å². The fraction of sp³-hybridized carbons (Fsp3) is 0.500. The van der Waals surface area contributed by atoms with Gasteiger partial charge in [-0.15, -0.1) is 0 Å². The summed E-state index contributed by atoms with van der Waals surface area (Å²) in [5, 5.41) is 9.42. The van der Waals surface area contributed by atoms with Crippen LogP contribution < -0.4 is 4.74 Å². The van der Waals surface area contributed by atoms with Gasteiger partial charge in [0, 0.05) is 6.61 Å². The Hall–Kier alpha value is -0.730. The van der Waals surface area contributed by atoms with E-state index >= 15 is 0 Å². The molecule has 0 amide bonds. The highest BCUT2D eigenvalue weighted by atomic mass is 35.5. The average molecular weight is 229 g/mol. The zero-order valence-electron chi connectivity index (χ0n) is 9.22. The molecule has 0 saturated carbocycles. The Bertz CT molecular complexity index is 324. The van der Waals surface area contributed by atoms with Crippen LogP contribution in [0, 0.1) is 6.92 Å². The van der Waals surface area contributed by atoms with Crippen LogP contribution in [0.2, 0.25) is 5.02 Å². The summed E-state index contributed by atoms with van der Waals surface area (Å²) < 4.78 is 5.40. The van der Waals surface area contributed by atoms with Gasteiger partial charge in [-0.25, -0.2) is 0 Å². The van der Waals surface area contributed by atoms with Crippen molar-refractivity contribution >= 4 is 11.6 Å². The largest absolute Gasteiger partial charge is 0.492 e. The molecule has 0 aliphatic carbocycles. The Balaban J connectivity index is 2.87. The molecule has 15 heavy (non-hydrogen) atoms. The SMILES string of the molecule is CCOc1cc(C)c(CCCO)cc1Cl. The molecule has 1 N–H and O–H groups in total. The Kier molecular flexibility index (Phi) is 4.92. The third kappa shape index (κ3) is 3.40. The molecule has 0 heterocycles. The fourth-order valence-electron chi connectivity index (χ4n) is 1.50. The molecule has 0 atom stereocenters. The van der Waals surface area contributed by atoms with E-state index in [2.05, 4.69) is 0 Å². The predicted molar refractivity (Wildman–Crippen MR) is 62.8 cm³/mol. The van der Waals surface area contributed by atoms with Gasteiger partial charge in [-0.1, -0.05) is 11.6 Å². The first kappa shape index (κ1) is 12.3. The summed E-state index contributed by atoms with van der Waals surface area (Å²) in [6.07, 6.45) is 1.62. The van der Waals surface area contributed by atoms with Crippen LogP contribution >= 0.6 is 11.6 Å². The van der Waals surface area contributed by atoms with Crippen LogP contribution in [0.25, 0.3) is 0 Å². The van der Waals surface area contributed by atoms with Gasteiger partial charge in [-0.05, 0) is 49.9 Å². The second kappa shape index (κ2) is 5.99. The molecule has 0 aromatic heterocycles. The lowest BCUT2D eigenvalue weighted by Gasteiger charge is -2.10. The second-order valence-electron chi connectivity index (χ2n) is 3.47. The molecule has 3 heteroatoms. The Labute approximate surface area is 95.8 Å². The van der Waals surface area contributed by atoms with Gasteiger partial charge in [0.15, 0.2) is 0 Å². The van der Waals surface area contributed by atoms with Gasteiger partial charge in [0.05, 0.1) is 11.6 Å². The van der Waals surface area contributed by atoms with Gasteiger partial charge in [-0.3, -0.25) is 0 Å². The van der Waals surface area contributed by atoms with Crippen molar-refractivity contribution < 1.29 is 9.84 Å². The first-order chi connectivity index (χ1) is 7.19. The maximum Gasteiger partial charge on any atom is 0.138 e. The molecule has 0 spiro atoms. The average Bonchev–Trinajstić information content (AvgIpc) is 2.21. The number of hydrogen-bond donors (Lipinski definition) is 1. The standard InChI is InChI=1S/C12H17ClO2/c1-3-15-12-7-9(2)10(5-4-6-14)8-11(12)13/h7-8,14H,3-6H2,1-2H3. The van der Waals surface area contributed by atoms with Crippen LogP contribution in [0.4, 0.5) is 0 Å². The Morgan fingerprint density at radius 1 is 1.40 bits per heavy atom. The molecule has 0 fully saturated rings. The van der Waals surface area contributed by atoms with Gasteiger partial charge < -0.3 is 9.84 Å². The van der Waals surface area contributed by atoms with Crippen molar-refractivity contribution in [2.45, 2.75) is 26.7 Å². The smallest absolute Gasteiger partial charge is 0.138 e. The Morgan fingerprint density at radius 2 is 2.13 bits per heavy atom. The van der Waals surface area contributed by atoms with Crippen molar-refractivity contribution in [3.63, 3.8) is 0 Å². The summed E-state index contributed by atoms with van der Waals surface area (Å²) in [5.74, 6) is 0.740. The molecule has 84 valence electrons. The molecular formula is C12H17ClO2. The predicted octanol–water partition coefficient (Wildman–Crippen LogP) is 2.97. The van der Waals surface area contributed by atoms with Crippen molar-refractivity contribution in [2.24, 2.45) is 0 Å². The summed E-state index contributed by atoms with van der Waals surface area (Å²) in [6, 6.07) is 3.89. The number of benzene rings is 1. The highest BCUT2D eigenvalue weighted by Gasteiger charge is 2.06. The number of aryl methyl sites for hydroxylation is 2. The number of rotatable bonds is 5. The van der Waals surface area contributed by atoms with Gasteiger partial charge >= 0.3 is 0 Å². The molecule has 0 unspecified atom stereocenters.